The molecule has 0 fully saturated rings. The van der Waals surface area contributed by atoms with Crippen molar-refractivity contribution in [3.63, 3.8) is 0 Å². The second-order valence-electron chi connectivity index (χ2n) is 8.89. The number of rotatable bonds is 14. The van der Waals surface area contributed by atoms with E-state index in [9.17, 15) is 29.1 Å². The van der Waals surface area contributed by atoms with E-state index in [0.717, 1.165) is 0 Å². The minimum atomic E-state index is -1.68. The first-order valence-electron chi connectivity index (χ1n) is 11.5. The molecule has 0 radical (unpaired) electrons. The Bertz CT molecular complexity index is 891. The fourth-order valence-corrected chi connectivity index (χ4v) is 3.22. The monoisotopic (exact) mass is 492 g/mol. The van der Waals surface area contributed by atoms with Crippen LogP contribution in [0.15, 0.2) is 30.3 Å². The molecule has 1 aromatic rings. The van der Waals surface area contributed by atoms with Gasteiger partial charge in [-0.2, -0.15) is 0 Å². The summed E-state index contributed by atoms with van der Waals surface area (Å²) in [6, 6.07) is 4.01. The summed E-state index contributed by atoms with van der Waals surface area (Å²) in [7, 11) is 0. The predicted molar refractivity (Wildman–Crippen MR) is 128 cm³/mol. The zero-order chi connectivity index (χ0) is 26.7. The van der Waals surface area contributed by atoms with Crippen LogP contribution in [-0.2, 0) is 30.4 Å². The molecule has 1 rings (SSSR count). The highest BCUT2D eigenvalue weighted by atomic mass is 16.4. The van der Waals surface area contributed by atoms with Crippen molar-refractivity contribution in [2.24, 2.45) is 17.6 Å². The van der Waals surface area contributed by atoms with E-state index in [1.807, 2.05) is 6.92 Å². The second kappa shape index (κ2) is 14.1. The summed E-state index contributed by atoms with van der Waals surface area (Å²) in [4.78, 5) is 61.2. The molecule has 7 N–H and O–H groups in total. The number of amides is 3. The quantitative estimate of drug-likeness (QED) is 0.213. The van der Waals surface area contributed by atoms with E-state index in [1.54, 1.807) is 51.1 Å². The van der Waals surface area contributed by atoms with Crippen LogP contribution in [0.4, 0.5) is 0 Å². The van der Waals surface area contributed by atoms with Crippen molar-refractivity contribution in [2.45, 2.75) is 71.1 Å². The molecule has 0 saturated heterocycles. The minimum Gasteiger partial charge on any atom is -0.481 e. The number of carbonyl (C=O) groups excluding carboxylic acids is 3. The Morgan fingerprint density at radius 2 is 1.43 bits per heavy atom. The lowest BCUT2D eigenvalue weighted by Gasteiger charge is -2.28. The van der Waals surface area contributed by atoms with Crippen molar-refractivity contribution in [1.29, 1.82) is 0 Å². The van der Waals surface area contributed by atoms with Crippen molar-refractivity contribution in [1.82, 2.24) is 16.0 Å². The fourth-order valence-electron chi connectivity index (χ4n) is 3.22. The smallest absolute Gasteiger partial charge is 0.326 e. The molecular weight excluding hydrogens is 456 g/mol. The average molecular weight is 493 g/mol. The summed E-state index contributed by atoms with van der Waals surface area (Å²) < 4.78 is 0. The predicted octanol–water partition coefficient (Wildman–Crippen LogP) is 0.272. The van der Waals surface area contributed by atoms with E-state index in [-0.39, 0.29) is 18.3 Å². The first-order chi connectivity index (χ1) is 16.4. The van der Waals surface area contributed by atoms with Crippen LogP contribution in [0.1, 0.15) is 46.1 Å². The van der Waals surface area contributed by atoms with Gasteiger partial charge in [-0.1, -0.05) is 64.4 Å². The molecular formula is C24H36N4O7. The lowest BCUT2D eigenvalue weighted by Crippen LogP contribution is -2.59. The van der Waals surface area contributed by atoms with E-state index in [1.165, 1.54) is 0 Å². The van der Waals surface area contributed by atoms with Gasteiger partial charge in [0.15, 0.2) is 0 Å². The third kappa shape index (κ3) is 9.73. The van der Waals surface area contributed by atoms with Crippen LogP contribution in [0.2, 0.25) is 0 Å². The Hall–Kier alpha value is -3.47. The van der Waals surface area contributed by atoms with Gasteiger partial charge in [0.1, 0.15) is 18.1 Å². The van der Waals surface area contributed by atoms with Gasteiger partial charge in [-0.05, 0) is 17.4 Å². The zero-order valence-electron chi connectivity index (χ0n) is 20.5. The Labute approximate surface area is 204 Å². The summed E-state index contributed by atoms with van der Waals surface area (Å²) >= 11 is 0. The van der Waals surface area contributed by atoms with Crippen LogP contribution in [0.25, 0.3) is 0 Å². The number of aliphatic carboxylic acids is 2. The van der Waals surface area contributed by atoms with E-state index in [0.29, 0.717) is 12.0 Å². The van der Waals surface area contributed by atoms with Gasteiger partial charge >= 0.3 is 11.9 Å². The van der Waals surface area contributed by atoms with Crippen LogP contribution in [0.3, 0.4) is 0 Å². The van der Waals surface area contributed by atoms with Crippen molar-refractivity contribution in [3.05, 3.63) is 35.9 Å². The number of nitrogens with one attached hydrogen (secondary N) is 3. The Morgan fingerprint density at radius 3 is 1.91 bits per heavy atom. The number of carboxylic acid groups (broad SMARTS) is 2. The molecule has 0 spiro atoms. The molecule has 35 heavy (non-hydrogen) atoms. The van der Waals surface area contributed by atoms with Gasteiger partial charge < -0.3 is 31.9 Å². The number of nitrogens with two attached hydrogens (primary N) is 1. The van der Waals surface area contributed by atoms with E-state index < -0.39 is 60.2 Å². The molecule has 0 aliphatic heterocycles. The third-order valence-electron chi connectivity index (χ3n) is 5.72. The van der Waals surface area contributed by atoms with Crippen LogP contribution in [0.5, 0.6) is 0 Å². The molecule has 0 heterocycles. The molecule has 0 aromatic heterocycles. The average Bonchev–Trinajstić information content (AvgIpc) is 2.80. The zero-order valence-corrected chi connectivity index (χ0v) is 20.5. The molecule has 194 valence electrons. The highest BCUT2D eigenvalue weighted by molar-refractivity contribution is 5.95. The lowest BCUT2D eigenvalue weighted by atomic mass is 9.96. The first-order valence-corrected chi connectivity index (χ1v) is 11.5. The van der Waals surface area contributed by atoms with Gasteiger partial charge in [-0.3, -0.25) is 19.2 Å². The van der Waals surface area contributed by atoms with Gasteiger partial charge in [0.05, 0.1) is 12.5 Å². The van der Waals surface area contributed by atoms with Crippen molar-refractivity contribution in [3.8, 4) is 0 Å². The van der Waals surface area contributed by atoms with Crippen LogP contribution in [0, 0.1) is 11.8 Å². The SMILES string of the molecule is CCC(C)C(NC(=O)C(N)C(C)C)C(=O)NC(Cc1ccccc1)C(=O)NC(CC(=O)O)C(=O)O. The van der Waals surface area contributed by atoms with Gasteiger partial charge in [-0.15, -0.1) is 0 Å². The van der Waals surface area contributed by atoms with Crippen molar-refractivity contribution < 1.29 is 34.2 Å². The maximum absolute atomic E-state index is 13.2. The normalized spacial score (nSPS) is 15.3. The van der Waals surface area contributed by atoms with Crippen LogP contribution >= 0.6 is 0 Å². The largest absolute Gasteiger partial charge is 0.481 e. The number of benzene rings is 1. The summed E-state index contributed by atoms with van der Waals surface area (Å²) in [5, 5.41) is 25.7. The van der Waals surface area contributed by atoms with Crippen LogP contribution < -0.4 is 21.7 Å². The molecule has 5 unspecified atom stereocenters. The van der Waals surface area contributed by atoms with Gasteiger partial charge in [0.2, 0.25) is 17.7 Å². The van der Waals surface area contributed by atoms with E-state index >= 15 is 0 Å². The fraction of sp³-hybridized carbons (Fsp3) is 0.542. The molecule has 11 heteroatoms. The molecule has 0 aliphatic carbocycles. The maximum atomic E-state index is 13.2. The molecule has 1 aromatic carbocycles. The highest BCUT2D eigenvalue weighted by Crippen LogP contribution is 2.11. The molecule has 3 amide bonds. The van der Waals surface area contributed by atoms with Gasteiger partial charge in [-0.25, -0.2) is 4.79 Å². The first kappa shape index (κ1) is 29.6. The number of carbonyl (C=O) groups is 5. The number of carboxylic acids is 2. The van der Waals surface area contributed by atoms with E-state index in [4.69, 9.17) is 10.8 Å². The minimum absolute atomic E-state index is 0.0184. The Balaban J connectivity index is 3.17. The summed E-state index contributed by atoms with van der Waals surface area (Å²) in [5.41, 5.74) is 6.60. The molecule has 0 bridgehead atoms. The van der Waals surface area contributed by atoms with Crippen LogP contribution in [-0.4, -0.2) is 64.0 Å². The number of hydrogen-bond acceptors (Lipinski definition) is 6. The number of hydrogen-bond donors (Lipinski definition) is 6. The summed E-state index contributed by atoms with van der Waals surface area (Å²) in [6.07, 6.45) is -0.263. The van der Waals surface area contributed by atoms with Crippen molar-refractivity contribution >= 4 is 29.7 Å². The Kier molecular flexibility index (Phi) is 11.9. The molecule has 5 atom stereocenters. The maximum Gasteiger partial charge on any atom is 0.326 e. The topological polar surface area (TPSA) is 188 Å². The second-order valence-corrected chi connectivity index (χ2v) is 8.89. The van der Waals surface area contributed by atoms with E-state index in [2.05, 4.69) is 16.0 Å². The van der Waals surface area contributed by atoms with Gasteiger partial charge in [0.25, 0.3) is 0 Å². The molecule has 0 saturated carbocycles. The summed E-state index contributed by atoms with van der Waals surface area (Å²) in [5.74, 6) is -5.36. The highest BCUT2D eigenvalue weighted by Gasteiger charge is 2.33. The summed E-state index contributed by atoms with van der Waals surface area (Å²) in [6.45, 7) is 7.17. The van der Waals surface area contributed by atoms with Crippen molar-refractivity contribution in [2.75, 3.05) is 0 Å². The standard InChI is InChI=1S/C24H36N4O7/c1-5-14(4)20(28-22(32)19(25)13(2)3)23(33)26-16(11-15-9-7-6-8-10-15)21(31)27-17(24(34)35)12-18(29)30/h6-10,13-14,16-17,19-20H,5,11-12,25H2,1-4H3,(H,26,33)(H,27,31)(H,28,32)(H,29,30)(H,34,35). The Morgan fingerprint density at radius 1 is 0.857 bits per heavy atom. The third-order valence-corrected chi connectivity index (χ3v) is 5.72. The molecule has 0 aliphatic rings. The molecule has 11 nitrogen and oxygen atoms in total. The lowest BCUT2D eigenvalue weighted by molar-refractivity contribution is -0.147. The van der Waals surface area contributed by atoms with Gasteiger partial charge in [0, 0.05) is 6.42 Å².